The van der Waals surface area contributed by atoms with Gasteiger partial charge < -0.3 is 24.6 Å². The van der Waals surface area contributed by atoms with E-state index >= 15 is 0 Å². The number of hydrogen-bond donors (Lipinski definition) is 2. The third kappa shape index (κ3) is 11.5. The van der Waals surface area contributed by atoms with Crippen LogP contribution in [-0.4, -0.2) is 40.5 Å². The van der Waals surface area contributed by atoms with Gasteiger partial charge in [0.1, 0.15) is 5.60 Å². The molecule has 0 aromatic heterocycles. The van der Waals surface area contributed by atoms with Crippen LogP contribution in [0.2, 0.25) is 0 Å². The van der Waals surface area contributed by atoms with Gasteiger partial charge in [-0.2, -0.15) is 5.26 Å². The second kappa shape index (κ2) is 13.7. The average molecular weight is 342 g/mol. The van der Waals surface area contributed by atoms with Crippen LogP contribution in [0.15, 0.2) is 0 Å². The summed E-state index contributed by atoms with van der Waals surface area (Å²) in [6.07, 6.45) is 3.87. The Morgan fingerprint density at radius 2 is 1.52 bits per heavy atom. The van der Waals surface area contributed by atoms with Gasteiger partial charge in [-0.3, -0.25) is 4.79 Å². The van der Waals surface area contributed by atoms with Gasteiger partial charge in [-0.15, -0.1) is 0 Å². The number of carboxylic acids is 1. The molecule has 0 aliphatic carbocycles. The molecule has 9 heteroatoms. The molecule has 0 amide bonds. The quantitative estimate of drug-likeness (QED) is 0.127. The second-order valence-electron chi connectivity index (χ2n) is 5.12. The Kier molecular flexibility index (Phi) is 14.7. The van der Waals surface area contributed by atoms with Gasteiger partial charge >= 0.3 is 41.5 Å². The topological polar surface area (TPSA) is 133 Å². The first kappa shape index (κ1) is 24.6. The summed E-state index contributed by atoms with van der Waals surface area (Å²) >= 11 is 0. The minimum atomic E-state index is -2.77. The minimum Gasteiger partial charge on any atom is -0.547 e. The van der Waals surface area contributed by atoms with Crippen molar-refractivity contribution in [2.24, 2.45) is 0 Å². The zero-order valence-electron chi connectivity index (χ0n) is 13.7. The molecule has 23 heavy (non-hydrogen) atoms. The standard InChI is InChI=1S/C14H24O8.Na/c1-2-3-4-5-6-7-8-21-11(15)9-14(19,13(17)18)10-12(16)22-20;/h19-20H,2-10H2,1H3,(H,17,18);/q;+1/p-1. The van der Waals surface area contributed by atoms with Gasteiger partial charge in [-0.1, -0.05) is 39.0 Å². The Labute approximate surface area is 157 Å². The average Bonchev–Trinajstić information content (AvgIpc) is 2.45. The van der Waals surface area contributed by atoms with Crippen molar-refractivity contribution in [3.05, 3.63) is 0 Å². The molecule has 0 rings (SSSR count). The monoisotopic (exact) mass is 342 g/mol. The summed E-state index contributed by atoms with van der Waals surface area (Å²) in [5.41, 5.74) is -2.77. The summed E-state index contributed by atoms with van der Waals surface area (Å²) < 4.78 is 4.80. The van der Waals surface area contributed by atoms with Crippen LogP contribution >= 0.6 is 0 Å². The first-order valence-electron chi connectivity index (χ1n) is 7.29. The number of rotatable bonds is 12. The number of aliphatic hydroxyl groups is 1. The molecule has 0 saturated heterocycles. The van der Waals surface area contributed by atoms with E-state index in [4.69, 9.17) is 9.99 Å². The third-order valence-electron chi connectivity index (χ3n) is 3.12. The molecular formula is C14H23NaO8. The number of aliphatic carboxylic acids is 1. The van der Waals surface area contributed by atoms with Crippen LogP contribution in [0, 0.1) is 0 Å². The maximum Gasteiger partial charge on any atom is 1.00 e. The van der Waals surface area contributed by atoms with Crippen molar-refractivity contribution in [1.29, 1.82) is 0 Å². The van der Waals surface area contributed by atoms with E-state index in [-0.39, 0.29) is 36.2 Å². The van der Waals surface area contributed by atoms with Crippen molar-refractivity contribution >= 4 is 17.9 Å². The molecule has 0 heterocycles. The number of carbonyl (C=O) groups excluding carboxylic acids is 3. The molecule has 0 saturated carbocycles. The van der Waals surface area contributed by atoms with Gasteiger partial charge in [0.05, 0.1) is 25.4 Å². The van der Waals surface area contributed by atoms with E-state index in [1.54, 1.807) is 0 Å². The van der Waals surface area contributed by atoms with Crippen LogP contribution in [-0.2, 0) is 24.0 Å². The molecule has 0 spiro atoms. The molecule has 8 nitrogen and oxygen atoms in total. The summed E-state index contributed by atoms with van der Waals surface area (Å²) in [7, 11) is 0. The third-order valence-corrected chi connectivity index (χ3v) is 3.12. The van der Waals surface area contributed by atoms with E-state index in [0.29, 0.717) is 6.42 Å². The normalized spacial score (nSPS) is 12.7. The van der Waals surface area contributed by atoms with Crippen molar-refractivity contribution < 1.29 is 69.0 Å². The maximum atomic E-state index is 11.5. The van der Waals surface area contributed by atoms with Crippen molar-refractivity contribution in [3.8, 4) is 0 Å². The molecule has 0 aromatic rings. The smallest absolute Gasteiger partial charge is 0.547 e. The van der Waals surface area contributed by atoms with E-state index in [0.717, 1.165) is 32.1 Å². The number of ether oxygens (including phenoxy) is 1. The van der Waals surface area contributed by atoms with Crippen molar-refractivity contribution in [1.82, 2.24) is 0 Å². The van der Waals surface area contributed by atoms with Gasteiger partial charge in [0, 0.05) is 0 Å². The summed E-state index contributed by atoms with van der Waals surface area (Å²) in [5, 5.41) is 28.6. The fourth-order valence-corrected chi connectivity index (χ4v) is 1.84. The largest absolute Gasteiger partial charge is 1.00 e. The van der Waals surface area contributed by atoms with Crippen molar-refractivity contribution in [2.45, 2.75) is 63.9 Å². The molecule has 0 radical (unpaired) electrons. The van der Waals surface area contributed by atoms with Crippen LogP contribution in [0.3, 0.4) is 0 Å². The first-order chi connectivity index (χ1) is 10.4. The Morgan fingerprint density at radius 3 is 2.04 bits per heavy atom. The summed E-state index contributed by atoms with van der Waals surface area (Å²) in [5.74, 6) is -4.38. The van der Waals surface area contributed by atoms with E-state index in [2.05, 4.69) is 11.8 Å². The molecule has 0 aliphatic rings. The molecule has 0 aromatic carbocycles. The molecule has 1 atom stereocenters. The maximum absolute atomic E-state index is 11.5. The summed E-state index contributed by atoms with van der Waals surface area (Å²) in [6.45, 7) is 2.21. The van der Waals surface area contributed by atoms with Gasteiger partial charge in [0.15, 0.2) is 0 Å². The molecule has 0 aliphatic heterocycles. The number of carbonyl (C=O) groups is 3. The predicted octanol–water partition coefficient (Wildman–Crippen LogP) is -2.83. The molecule has 1 unspecified atom stereocenters. The molecule has 0 fully saturated rings. The van der Waals surface area contributed by atoms with Crippen LogP contribution in [0.25, 0.3) is 0 Å². The van der Waals surface area contributed by atoms with E-state index in [1.165, 1.54) is 0 Å². The van der Waals surface area contributed by atoms with Crippen LogP contribution in [0.5, 0.6) is 0 Å². The number of carboxylic acid groups (broad SMARTS) is 1. The van der Waals surface area contributed by atoms with E-state index < -0.39 is 36.4 Å². The predicted molar refractivity (Wildman–Crippen MR) is 72.2 cm³/mol. The van der Waals surface area contributed by atoms with Crippen molar-refractivity contribution in [3.63, 3.8) is 0 Å². The molecule has 0 bridgehead atoms. The first-order valence-corrected chi connectivity index (χ1v) is 7.29. The van der Waals surface area contributed by atoms with E-state index in [9.17, 15) is 24.6 Å². The Bertz CT molecular complexity index is 374. The summed E-state index contributed by atoms with van der Waals surface area (Å²) in [4.78, 5) is 36.4. The zero-order valence-corrected chi connectivity index (χ0v) is 15.7. The Balaban J connectivity index is 0. The number of hydrogen-bond acceptors (Lipinski definition) is 8. The SMILES string of the molecule is CCCCCCCCOC(=O)CC(O)(CC(=O)OO)C(=O)[O-].[Na+]. The number of unbranched alkanes of at least 4 members (excludes halogenated alkanes) is 5. The van der Waals surface area contributed by atoms with Gasteiger partial charge in [0.2, 0.25) is 0 Å². The van der Waals surface area contributed by atoms with Crippen LogP contribution in [0.4, 0.5) is 0 Å². The fourth-order valence-electron chi connectivity index (χ4n) is 1.84. The molecule has 128 valence electrons. The fraction of sp³-hybridized carbons (Fsp3) is 0.786. The van der Waals surface area contributed by atoms with Crippen LogP contribution < -0.4 is 34.7 Å². The molecule has 2 N–H and O–H groups in total. The van der Waals surface area contributed by atoms with Crippen molar-refractivity contribution in [2.75, 3.05) is 6.61 Å². The number of esters is 1. The Morgan fingerprint density at radius 1 is 1.00 bits per heavy atom. The summed E-state index contributed by atoms with van der Waals surface area (Å²) in [6, 6.07) is 0. The van der Waals surface area contributed by atoms with E-state index in [1.807, 2.05) is 0 Å². The minimum absolute atomic E-state index is 0. The van der Waals surface area contributed by atoms with Gasteiger partial charge in [0.25, 0.3) is 0 Å². The molecular weight excluding hydrogens is 319 g/mol. The zero-order chi connectivity index (χ0) is 17.0. The van der Waals surface area contributed by atoms with Crippen LogP contribution in [0.1, 0.15) is 58.3 Å². The Hall–Kier alpha value is -0.670. The van der Waals surface area contributed by atoms with Gasteiger partial charge in [-0.05, 0) is 6.42 Å². The van der Waals surface area contributed by atoms with Gasteiger partial charge in [-0.25, -0.2) is 4.79 Å². The second-order valence-corrected chi connectivity index (χ2v) is 5.12.